The number of aromatic carboxylic acids is 1. The number of nitrogens with zero attached hydrogens (tertiary/aromatic N) is 3. The van der Waals surface area contributed by atoms with Crippen molar-refractivity contribution in [1.82, 2.24) is 15.0 Å². The Morgan fingerprint density at radius 3 is 2.86 bits per heavy atom. The van der Waals surface area contributed by atoms with E-state index in [0.717, 1.165) is 20.9 Å². The second-order valence-electron chi connectivity index (χ2n) is 4.48. The number of carboxylic acid groups (broad SMARTS) is 1. The Morgan fingerprint density at radius 2 is 2.10 bits per heavy atom. The highest BCUT2D eigenvalue weighted by Gasteiger charge is 2.18. The number of rotatable bonds is 3. The first-order chi connectivity index (χ1) is 10.1. The van der Waals surface area contributed by atoms with Gasteiger partial charge in [-0.2, -0.15) is 0 Å². The predicted molar refractivity (Wildman–Crippen MR) is 82.2 cm³/mol. The maximum Gasteiger partial charge on any atom is 0.338 e. The van der Waals surface area contributed by atoms with Crippen LogP contribution in [0.5, 0.6) is 0 Å². The van der Waals surface area contributed by atoms with Crippen LogP contribution in [0.4, 0.5) is 0 Å². The van der Waals surface area contributed by atoms with E-state index in [2.05, 4.69) is 15.0 Å². The second-order valence-corrected chi connectivity index (χ2v) is 6.38. The molecular formula is C14H11N3O2S2. The van der Waals surface area contributed by atoms with Gasteiger partial charge < -0.3 is 5.11 Å². The normalized spacial score (nSPS) is 11.0. The maximum absolute atomic E-state index is 11.5. The van der Waals surface area contributed by atoms with Crippen LogP contribution in [0.3, 0.4) is 0 Å². The molecule has 5 nitrogen and oxygen atoms in total. The lowest BCUT2D eigenvalue weighted by molar-refractivity contribution is 0.0691. The highest BCUT2D eigenvalue weighted by atomic mass is 32.2. The zero-order valence-electron chi connectivity index (χ0n) is 11.3. The van der Waals surface area contributed by atoms with E-state index < -0.39 is 5.97 Å². The van der Waals surface area contributed by atoms with Crippen molar-refractivity contribution in [2.24, 2.45) is 0 Å². The molecule has 0 aromatic carbocycles. The first-order valence-electron chi connectivity index (χ1n) is 6.14. The fourth-order valence-electron chi connectivity index (χ4n) is 2.07. The lowest BCUT2D eigenvalue weighted by atomic mass is 10.1. The Bertz CT molecular complexity index is 845. The van der Waals surface area contributed by atoms with Crippen LogP contribution in [0.25, 0.3) is 10.2 Å². The van der Waals surface area contributed by atoms with Crippen molar-refractivity contribution < 1.29 is 9.90 Å². The Balaban J connectivity index is 2.13. The number of fused-ring (bicyclic) bond motifs is 1. The van der Waals surface area contributed by atoms with Crippen LogP contribution >= 0.6 is 23.1 Å². The highest BCUT2D eigenvalue weighted by molar-refractivity contribution is 7.99. The molecule has 3 aromatic heterocycles. The van der Waals surface area contributed by atoms with Gasteiger partial charge in [0.25, 0.3) is 0 Å². The fourth-order valence-corrected chi connectivity index (χ4v) is 4.08. The van der Waals surface area contributed by atoms with Crippen molar-refractivity contribution in [2.75, 3.05) is 0 Å². The Morgan fingerprint density at radius 1 is 1.29 bits per heavy atom. The van der Waals surface area contributed by atoms with Crippen molar-refractivity contribution in [1.29, 1.82) is 0 Å². The van der Waals surface area contributed by atoms with E-state index in [-0.39, 0.29) is 5.56 Å². The zero-order valence-corrected chi connectivity index (χ0v) is 13.0. The smallest absolute Gasteiger partial charge is 0.338 e. The summed E-state index contributed by atoms with van der Waals surface area (Å²) < 4.78 is 0.944. The predicted octanol–water partition coefficient (Wildman–Crippen LogP) is 3.55. The van der Waals surface area contributed by atoms with Gasteiger partial charge in [-0.05, 0) is 48.7 Å². The summed E-state index contributed by atoms with van der Waals surface area (Å²) in [5.41, 5.74) is 2.58. The number of hydrogen-bond acceptors (Lipinski definition) is 6. The summed E-state index contributed by atoms with van der Waals surface area (Å²) in [6.07, 6.45) is 1.49. The van der Waals surface area contributed by atoms with E-state index in [9.17, 15) is 9.90 Å². The summed E-state index contributed by atoms with van der Waals surface area (Å²) in [5.74, 6) is -0.973. The minimum Gasteiger partial charge on any atom is -0.478 e. The number of pyridine rings is 1. The van der Waals surface area contributed by atoms with Crippen LogP contribution < -0.4 is 0 Å². The van der Waals surface area contributed by atoms with Crippen LogP contribution in [-0.4, -0.2) is 26.0 Å². The molecule has 0 spiro atoms. The molecular weight excluding hydrogens is 306 g/mol. The molecule has 0 aliphatic rings. The van der Waals surface area contributed by atoms with Crippen molar-refractivity contribution in [3.63, 3.8) is 0 Å². The molecule has 0 bridgehead atoms. The molecule has 0 aliphatic carbocycles. The van der Waals surface area contributed by atoms with Gasteiger partial charge >= 0.3 is 5.97 Å². The third-order valence-electron chi connectivity index (χ3n) is 2.93. The monoisotopic (exact) mass is 317 g/mol. The Hall–Kier alpha value is -1.99. The highest BCUT2D eigenvalue weighted by Crippen LogP contribution is 2.35. The van der Waals surface area contributed by atoms with Crippen LogP contribution in [0.15, 0.2) is 33.9 Å². The zero-order chi connectivity index (χ0) is 15.0. The third kappa shape index (κ3) is 2.62. The molecule has 0 aliphatic heterocycles. The number of carbonyl (C=O) groups is 1. The van der Waals surface area contributed by atoms with E-state index in [0.29, 0.717) is 10.6 Å². The van der Waals surface area contributed by atoms with Crippen LogP contribution in [0, 0.1) is 13.8 Å². The molecule has 0 unspecified atom stereocenters. The largest absolute Gasteiger partial charge is 0.478 e. The van der Waals surface area contributed by atoms with Crippen LogP contribution in [-0.2, 0) is 0 Å². The van der Waals surface area contributed by atoms with Gasteiger partial charge in [0.15, 0.2) is 0 Å². The number of carboxylic acids is 1. The summed E-state index contributed by atoms with van der Waals surface area (Å²) in [6, 6.07) is 3.69. The summed E-state index contributed by atoms with van der Waals surface area (Å²) in [7, 11) is 0. The standard InChI is InChI=1S/C14H11N3O2S2/c1-7-5-8(2)17-12(10(7)14(18)19)21-13-11-9(3-4-20-11)15-6-16-13/h3-6H,1-2H3,(H,18,19). The first-order valence-corrected chi connectivity index (χ1v) is 7.83. The van der Waals surface area contributed by atoms with Crippen molar-refractivity contribution >= 4 is 39.3 Å². The lowest BCUT2D eigenvalue weighted by Gasteiger charge is -2.09. The molecule has 0 saturated heterocycles. The molecule has 3 heterocycles. The van der Waals surface area contributed by atoms with E-state index in [1.165, 1.54) is 29.4 Å². The molecule has 0 saturated carbocycles. The molecule has 3 rings (SSSR count). The quantitative estimate of drug-likeness (QED) is 0.744. The lowest BCUT2D eigenvalue weighted by Crippen LogP contribution is -2.05. The molecule has 7 heteroatoms. The van der Waals surface area contributed by atoms with Crippen LogP contribution in [0.1, 0.15) is 21.6 Å². The second kappa shape index (κ2) is 5.42. The Kier molecular flexibility index (Phi) is 3.60. The number of aryl methyl sites for hydroxylation is 2. The van der Waals surface area contributed by atoms with Gasteiger partial charge in [-0.1, -0.05) is 0 Å². The van der Waals surface area contributed by atoms with Gasteiger partial charge in [0.05, 0.1) is 15.8 Å². The molecule has 0 fully saturated rings. The first kappa shape index (κ1) is 14.0. The molecule has 21 heavy (non-hydrogen) atoms. The molecule has 3 aromatic rings. The van der Waals surface area contributed by atoms with E-state index in [1.54, 1.807) is 13.0 Å². The molecule has 0 radical (unpaired) electrons. The minimum absolute atomic E-state index is 0.230. The van der Waals surface area contributed by atoms with Gasteiger partial charge in [0, 0.05) is 5.69 Å². The van der Waals surface area contributed by atoms with Crippen molar-refractivity contribution in [2.45, 2.75) is 23.9 Å². The van der Waals surface area contributed by atoms with E-state index in [4.69, 9.17) is 0 Å². The van der Waals surface area contributed by atoms with E-state index >= 15 is 0 Å². The average molecular weight is 317 g/mol. The topological polar surface area (TPSA) is 76.0 Å². The summed E-state index contributed by atoms with van der Waals surface area (Å²) in [4.78, 5) is 24.3. The molecule has 106 valence electrons. The number of thiophene rings is 1. The summed E-state index contributed by atoms with van der Waals surface area (Å²) in [6.45, 7) is 3.63. The third-order valence-corrected chi connectivity index (χ3v) is 4.96. The van der Waals surface area contributed by atoms with Crippen molar-refractivity contribution in [3.8, 4) is 0 Å². The van der Waals surface area contributed by atoms with Gasteiger partial charge in [0.2, 0.25) is 0 Å². The fraction of sp³-hybridized carbons (Fsp3) is 0.143. The maximum atomic E-state index is 11.5. The van der Waals surface area contributed by atoms with Gasteiger partial charge in [-0.25, -0.2) is 19.7 Å². The van der Waals surface area contributed by atoms with Crippen molar-refractivity contribution in [3.05, 3.63) is 40.7 Å². The molecule has 0 amide bonds. The summed E-state index contributed by atoms with van der Waals surface area (Å²) in [5, 5.41) is 12.5. The molecule has 0 atom stereocenters. The van der Waals surface area contributed by atoms with Gasteiger partial charge in [0.1, 0.15) is 16.4 Å². The van der Waals surface area contributed by atoms with Gasteiger partial charge in [-0.15, -0.1) is 11.3 Å². The number of aromatic nitrogens is 3. The minimum atomic E-state index is -0.973. The van der Waals surface area contributed by atoms with E-state index in [1.807, 2.05) is 18.4 Å². The molecule has 1 N–H and O–H groups in total. The Labute approximate surface area is 129 Å². The van der Waals surface area contributed by atoms with Crippen LogP contribution in [0.2, 0.25) is 0 Å². The van der Waals surface area contributed by atoms with Gasteiger partial charge in [-0.3, -0.25) is 0 Å². The number of hydrogen-bond donors (Lipinski definition) is 1. The summed E-state index contributed by atoms with van der Waals surface area (Å²) >= 11 is 2.81. The average Bonchev–Trinajstić information content (AvgIpc) is 2.86. The SMILES string of the molecule is Cc1cc(C)c(C(=O)O)c(Sc2ncnc3ccsc23)n1.